The molecule has 0 amide bonds. The van der Waals surface area contributed by atoms with Crippen LogP contribution >= 0.6 is 0 Å². The highest BCUT2D eigenvalue weighted by Gasteiger charge is 2.42. The molecule has 2 atom stereocenters. The van der Waals surface area contributed by atoms with Gasteiger partial charge in [0, 0.05) is 12.1 Å². The second-order valence-corrected chi connectivity index (χ2v) is 5.61. The summed E-state index contributed by atoms with van der Waals surface area (Å²) in [6.45, 7) is 4.76. The van der Waals surface area contributed by atoms with Crippen LogP contribution in [0.3, 0.4) is 0 Å². The smallest absolute Gasteiger partial charge is 0.0587 e. The van der Waals surface area contributed by atoms with E-state index in [1.165, 1.54) is 18.4 Å². The normalized spacial score (nSPS) is 20.9. The maximum absolute atomic E-state index is 9.46. The fourth-order valence-electron chi connectivity index (χ4n) is 2.26. The Labute approximate surface area is 104 Å². The van der Waals surface area contributed by atoms with E-state index in [9.17, 15) is 5.11 Å². The zero-order valence-corrected chi connectivity index (χ0v) is 10.8. The molecule has 1 aliphatic carbocycles. The van der Waals surface area contributed by atoms with Gasteiger partial charge in [-0.05, 0) is 37.2 Å². The van der Waals surface area contributed by atoms with Crippen molar-refractivity contribution in [2.75, 3.05) is 6.61 Å². The average Bonchev–Trinajstić information content (AvgIpc) is 3.09. The van der Waals surface area contributed by atoms with Crippen molar-refractivity contribution in [1.82, 2.24) is 5.32 Å². The van der Waals surface area contributed by atoms with Crippen LogP contribution in [0, 0.1) is 5.41 Å². The lowest BCUT2D eigenvalue weighted by Gasteiger charge is -2.26. The Morgan fingerprint density at radius 3 is 2.47 bits per heavy atom. The molecule has 0 heterocycles. The van der Waals surface area contributed by atoms with Gasteiger partial charge in [0.15, 0.2) is 0 Å². The number of hydrogen-bond donors (Lipinski definition) is 2. The third kappa shape index (κ3) is 3.30. The largest absolute Gasteiger partial charge is 0.395 e. The Bertz CT molecular complexity index is 345. The molecule has 1 saturated carbocycles. The summed E-state index contributed by atoms with van der Waals surface area (Å²) in [5.74, 6) is 0. The Hall–Kier alpha value is -0.860. The van der Waals surface area contributed by atoms with Crippen LogP contribution in [0.25, 0.3) is 0 Å². The minimum atomic E-state index is 0.171. The number of rotatable bonds is 6. The van der Waals surface area contributed by atoms with Crippen molar-refractivity contribution in [3.63, 3.8) is 0 Å². The molecule has 17 heavy (non-hydrogen) atoms. The highest BCUT2D eigenvalue weighted by molar-refractivity contribution is 5.16. The number of benzene rings is 1. The quantitative estimate of drug-likeness (QED) is 0.790. The molecule has 1 fully saturated rings. The van der Waals surface area contributed by atoms with Crippen molar-refractivity contribution >= 4 is 0 Å². The minimum Gasteiger partial charge on any atom is -0.395 e. The van der Waals surface area contributed by atoms with Gasteiger partial charge in [0.25, 0.3) is 0 Å². The summed E-state index contributed by atoms with van der Waals surface area (Å²) in [6.07, 6.45) is 3.52. The van der Waals surface area contributed by atoms with Crippen LogP contribution in [-0.4, -0.2) is 23.8 Å². The molecule has 0 bridgehead atoms. The van der Waals surface area contributed by atoms with Crippen molar-refractivity contribution in [1.29, 1.82) is 0 Å². The van der Waals surface area contributed by atoms with Gasteiger partial charge in [-0.15, -0.1) is 0 Å². The molecule has 0 aliphatic heterocycles. The van der Waals surface area contributed by atoms with Crippen LogP contribution in [0.2, 0.25) is 0 Å². The van der Waals surface area contributed by atoms with Crippen LogP contribution in [0.5, 0.6) is 0 Å². The van der Waals surface area contributed by atoms with E-state index in [4.69, 9.17) is 0 Å². The second-order valence-electron chi connectivity index (χ2n) is 5.61. The molecule has 0 radical (unpaired) electrons. The summed E-state index contributed by atoms with van der Waals surface area (Å²) in [6, 6.07) is 11.0. The first-order valence-electron chi connectivity index (χ1n) is 6.55. The van der Waals surface area contributed by atoms with E-state index in [0.717, 1.165) is 6.42 Å². The van der Waals surface area contributed by atoms with E-state index >= 15 is 0 Å². The lowest BCUT2D eigenvalue weighted by Crippen LogP contribution is -2.44. The van der Waals surface area contributed by atoms with E-state index in [2.05, 4.69) is 43.4 Å². The highest BCUT2D eigenvalue weighted by Crippen LogP contribution is 2.48. The van der Waals surface area contributed by atoms with Gasteiger partial charge in [0.2, 0.25) is 0 Å². The number of nitrogens with one attached hydrogen (secondary N) is 1. The maximum atomic E-state index is 9.46. The minimum absolute atomic E-state index is 0.171. The van der Waals surface area contributed by atoms with Gasteiger partial charge in [-0.25, -0.2) is 0 Å². The van der Waals surface area contributed by atoms with Crippen LogP contribution in [0.1, 0.15) is 32.3 Å². The molecule has 2 unspecified atom stereocenters. The first kappa shape index (κ1) is 12.6. The molecule has 2 heteroatoms. The molecule has 2 nitrogen and oxygen atoms in total. The summed E-state index contributed by atoms with van der Waals surface area (Å²) in [7, 11) is 0. The Morgan fingerprint density at radius 2 is 1.94 bits per heavy atom. The molecule has 0 saturated heterocycles. The summed E-state index contributed by atoms with van der Waals surface area (Å²) in [5, 5.41) is 13.0. The van der Waals surface area contributed by atoms with E-state index in [1.54, 1.807) is 0 Å². The second kappa shape index (κ2) is 5.19. The van der Waals surface area contributed by atoms with Gasteiger partial charge >= 0.3 is 0 Å². The first-order chi connectivity index (χ1) is 8.14. The SMILES string of the molecule is CC(NC(CO)Cc1ccccc1)C1(C)CC1. The third-order valence-electron chi connectivity index (χ3n) is 4.12. The maximum Gasteiger partial charge on any atom is 0.0587 e. The Kier molecular flexibility index (Phi) is 3.85. The van der Waals surface area contributed by atoms with Gasteiger partial charge < -0.3 is 10.4 Å². The number of aliphatic hydroxyl groups excluding tert-OH is 1. The third-order valence-corrected chi connectivity index (χ3v) is 4.12. The predicted molar refractivity (Wildman–Crippen MR) is 71.0 cm³/mol. The van der Waals surface area contributed by atoms with E-state index in [0.29, 0.717) is 11.5 Å². The summed E-state index contributed by atoms with van der Waals surface area (Å²) >= 11 is 0. The topological polar surface area (TPSA) is 32.3 Å². The fourth-order valence-corrected chi connectivity index (χ4v) is 2.26. The molecular weight excluding hydrogens is 210 g/mol. The van der Waals surface area contributed by atoms with Gasteiger partial charge in [0.05, 0.1) is 6.61 Å². The molecule has 0 spiro atoms. The summed E-state index contributed by atoms with van der Waals surface area (Å²) in [5.41, 5.74) is 1.75. The van der Waals surface area contributed by atoms with Gasteiger partial charge in [-0.1, -0.05) is 37.3 Å². The van der Waals surface area contributed by atoms with Crippen molar-refractivity contribution in [3.05, 3.63) is 35.9 Å². The lowest BCUT2D eigenvalue weighted by molar-refractivity contribution is 0.216. The predicted octanol–water partition coefficient (Wildman–Crippen LogP) is 2.37. The zero-order chi connectivity index (χ0) is 12.3. The molecule has 2 N–H and O–H groups in total. The van der Waals surface area contributed by atoms with E-state index in [1.807, 2.05) is 6.07 Å². The Balaban J connectivity index is 1.88. The first-order valence-corrected chi connectivity index (χ1v) is 6.55. The van der Waals surface area contributed by atoms with Crippen molar-refractivity contribution in [3.8, 4) is 0 Å². The highest BCUT2D eigenvalue weighted by atomic mass is 16.3. The van der Waals surface area contributed by atoms with Crippen LogP contribution in [-0.2, 0) is 6.42 Å². The zero-order valence-electron chi connectivity index (χ0n) is 10.8. The Morgan fingerprint density at radius 1 is 1.29 bits per heavy atom. The van der Waals surface area contributed by atoms with E-state index < -0.39 is 0 Å². The average molecular weight is 233 g/mol. The number of hydrogen-bond acceptors (Lipinski definition) is 2. The van der Waals surface area contributed by atoms with Gasteiger partial charge in [-0.2, -0.15) is 0 Å². The molecule has 94 valence electrons. The van der Waals surface area contributed by atoms with Crippen molar-refractivity contribution in [2.45, 2.75) is 45.2 Å². The van der Waals surface area contributed by atoms with Crippen LogP contribution in [0.15, 0.2) is 30.3 Å². The van der Waals surface area contributed by atoms with Crippen molar-refractivity contribution in [2.24, 2.45) is 5.41 Å². The molecule has 1 aromatic carbocycles. The van der Waals surface area contributed by atoms with Crippen LogP contribution in [0.4, 0.5) is 0 Å². The standard InChI is InChI=1S/C15H23NO/c1-12(15(2)8-9-15)16-14(11-17)10-13-6-4-3-5-7-13/h3-7,12,14,16-17H,8-11H2,1-2H3. The summed E-state index contributed by atoms with van der Waals surface area (Å²) < 4.78 is 0. The monoisotopic (exact) mass is 233 g/mol. The molecule has 0 aromatic heterocycles. The lowest BCUT2D eigenvalue weighted by atomic mass is 9.98. The van der Waals surface area contributed by atoms with Crippen molar-refractivity contribution < 1.29 is 5.11 Å². The van der Waals surface area contributed by atoms with Crippen LogP contribution < -0.4 is 5.32 Å². The van der Waals surface area contributed by atoms with E-state index in [-0.39, 0.29) is 12.6 Å². The molecule has 1 aliphatic rings. The molecule has 1 aromatic rings. The fraction of sp³-hybridized carbons (Fsp3) is 0.600. The van der Waals surface area contributed by atoms with Gasteiger partial charge in [0.1, 0.15) is 0 Å². The summed E-state index contributed by atoms with van der Waals surface area (Å²) in [4.78, 5) is 0. The molecule has 2 rings (SSSR count). The number of aliphatic hydroxyl groups is 1. The molecular formula is C15H23NO. The van der Waals surface area contributed by atoms with Gasteiger partial charge in [-0.3, -0.25) is 0 Å².